The molecule has 0 bridgehead atoms. The fraction of sp³-hybridized carbons (Fsp3) is 0.667. The molecule has 100 valence electrons. The Labute approximate surface area is 111 Å². The number of carbonyl (C=O) groups is 1. The molecule has 1 fully saturated rings. The summed E-state index contributed by atoms with van der Waals surface area (Å²) in [4.78, 5) is 12.2. The van der Waals surface area contributed by atoms with Gasteiger partial charge in [0.25, 0.3) is 0 Å². The van der Waals surface area contributed by atoms with Gasteiger partial charge in [0.2, 0.25) is 0 Å². The van der Waals surface area contributed by atoms with Crippen LogP contribution in [0.4, 0.5) is 0 Å². The minimum Gasteiger partial charge on any atom is -0.378 e. The van der Waals surface area contributed by atoms with E-state index in [1.54, 1.807) is 4.68 Å². The highest BCUT2D eigenvalue weighted by Gasteiger charge is 2.22. The Bertz CT molecular complexity index is 413. The van der Waals surface area contributed by atoms with Gasteiger partial charge < -0.3 is 10.1 Å². The topological polar surface area (TPSA) is 56.2 Å². The lowest BCUT2D eigenvalue weighted by molar-refractivity contribution is 0.0672. The van der Waals surface area contributed by atoms with Crippen LogP contribution in [0.15, 0.2) is 6.20 Å². The van der Waals surface area contributed by atoms with Gasteiger partial charge in [0.15, 0.2) is 5.78 Å². The predicted octanol–water partition coefficient (Wildman–Crippen LogP) is 1.51. The molecule has 0 radical (unpaired) electrons. The summed E-state index contributed by atoms with van der Waals surface area (Å²) in [5.41, 5.74) is 0.519. The van der Waals surface area contributed by atoms with Crippen LogP contribution in [0.25, 0.3) is 0 Å². The second kappa shape index (κ2) is 6.31. The number of ketones is 1. The summed E-state index contributed by atoms with van der Waals surface area (Å²) in [5.74, 6) is 0.0222. The molecule has 6 heteroatoms. The maximum Gasteiger partial charge on any atom is 0.184 e. The quantitative estimate of drug-likeness (QED) is 0.825. The van der Waals surface area contributed by atoms with E-state index >= 15 is 0 Å². The number of Topliss-reactive ketones (excluding diaryl/α,β-unsaturated/α-hetero) is 1. The minimum atomic E-state index is 0.0222. The molecule has 1 atom stereocenters. The molecule has 1 aliphatic heterocycles. The molecule has 1 N–H and O–H groups in total. The van der Waals surface area contributed by atoms with Crippen molar-refractivity contribution in [1.29, 1.82) is 0 Å². The third-order valence-electron chi connectivity index (χ3n) is 2.92. The van der Waals surface area contributed by atoms with Gasteiger partial charge in [-0.2, -0.15) is 5.10 Å². The Morgan fingerprint density at radius 2 is 2.56 bits per heavy atom. The SMILES string of the molecule is CCCn1ncc(Cl)c1C(=O)CC1COCCN1. The number of nitrogens with zero attached hydrogens (tertiary/aromatic N) is 2. The molecule has 1 unspecified atom stereocenters. The molecule has 1 aromatic heterocycles. The first-order valence-corrected chi connectivity index (χ1v) is 6.65. The van der Waals surface area contributed by atoms with E-state index in [4.69, 9.17) is 16.3 Å². The maximum absolute atomic E-state index is 12.2. The summed E-state index contributed by atoms with van der Waals surface area (Å²) >= 11 is 6.04. The largest absolute Gasteiger partial charge is 0.378 e. The molecular weight excluding hydrogens is 254 g/mol. The van der Waals surface area contributed by atoms with E-state index in [1.165, 1.54) is 6.20 Å². The van der Waals surface area contributed by atoms with E-state index in [2.05, 4.69) is 10.4 Å². The fourth-order valence-electron chi connectivity index (χ4n) is 2.09. The highest BCUT2D eigenvalue weighted by atomic mass is 35.5. The number of aromatic nitrogens is 2. The Morgan fingerprint density at radius 1 is 1.72 bits per heavy atom. The van der Waals surface area contributed by atoms with Gasteiger partial charge in [-0.05, 0) is 6.42 Å². The minimum absolute atomic E-state index is 0.0222. The van der Waals surface area contributed by atoms with Crippen LogP contribution in [0, 0.1) is 0 Å². The highest BCUT2D eigenvalue weighted by Crippen LogP contribution is 2.18. The van der Waals surface area contributed by atoms with Crippen LogP contribution in [-0.4, -0.2) is 41.4 Å². The molecule has 1 aliphatic rings. The van der Waals surface area contributed by atoms with Gasteiger partial charge in [0.05, 0.1) is 24.4 Å². The lowest BCUT2D eigenvalue weighted by Crippen LogP contribution is -2.42. The first-order chi connectivity index (χ1) is 8.72. The summed E-state index contributed by atoms with van der Waals surface area (Å²) in [6.45, 7) is 4.83. The summed E-state index contributed by atoms with van der Waals surface area (Å²) in [7, 11) is 0. The van der Waals surface area contributed by atoms with Gasteiger partial charge >= 0.3 is 0 Å². The van der Waals surface area contributed by atoms with Crippen molar-refractivity contribution in [2.24, 2.45) is 0 Å². The molecular formula is C12H18ClN3O2. The van der Waals surface area contributed by atoms with Gasteiger partial charge in [-0.25, -0.2) is 0 Å². The monoisotopic (exact) mass is 271 g/mol. The van der Waals surface area contributed by atoms with Gasteiger partial charge in [0, 0.05) is 25.6 Å². The molecule has 2 rings (SSSR count). The van der Waals surface area contributed by atoms with Crippen LogP contribution in [0.3, 0.4) is 0 Å². The van der Waals surface area contributed by atoms with Crippen molar-refractivity contribution in [3.05, 3.63) is 16.9 Å². The van der Waals surface area contributed by atoms with Crippen LogP contribution < -0.4 is 5.32 Å². The molecule has 0 aromatic carbocycles. The zero-order valence-electron chi connectivity index (χ0n) is 10.5. The zero-order valence-corrected chi connectivity index (χ0v) is 11.2. The highest BCUT2D eigenvalue weighted by molar-refractivity contribution is 6.33. The van der Waals surface area contributed by atoms with Crippen molar-refractivity contribution in [3.8, 4) is 0 Å². The van der Waals surface area contributed by atoms with Crippen LogP contribution in [0.1, 0.15) is 30.3 Å². The number of rotatable bonds is 5. The van der Waals surface area contributed by atoms with E-state index in [-0.39, 0.29) is 11.8 Å². The zero-order chi connectivity index (χ0) is 13.0. The van der Waals surface area contributed by atoms with E-state index in [1.807, 2.05) is 6.92 Å². The third-order valence-corrected chi connectivity index (χ3v) is 3.20. The molecule has 18 heavy (non-hydrogen) atoms. The Hall–Kier alpha value is -0.910. The van der Waals surface area contributed by atoms with Crippen molar-refractivity contribution in [1.82, 2.24) is 15.1 Å². The van der Waals surface area contributed by atoms with Gasteiger partial charge in [-0.1, -0.05) is 18.5 Å². The van der Waals surface area contributed by atoms with Gasteiger partial charge in [0.1, 0.15) is 5.69 Å². The fourth-order valence-corrected chi connectivity index (χ4v) is 2.34. The molecule has 2 heterocycles. The van der Waals surface area contributed by atoms with Crippen molar-refractivity contribution >= 4 is 17.4 Å². The van der Waals surface area contributed by atoms with Crippen molar-refractivity contribution in [3.63, 3.8) is 0 Å². The number of halogens is 1. The first kappa shape index (κ1) is 13.5. The second-order valence-corrected chi connectivity index (χ2v) is 4.82. The standard InChI is InChI=1S/C12H18ClN3O2/c1-2-4-16-12(10(13)7-15-16)11(17)6-9-8-18-5-3-14-9/h7,9,14H,2-6,8H2,1H3. The van der Waals surface area contributed by atoms with E-state index in [0.29, 0.717) is 36.9 Å². The van der Waals surface area contributed by atoms with Crippen molar-refractivity contribution < 1.29 is 9.53 Å². The predicted molar refractivity (Wildman–Crippen MR) is 69.1 cm³/mol. The number of hydrogen-bond acceptors (Lipinski definition) is 4. The smallest absolute Gasteiger partial charge is 0.184 e. The average molecular weight is 272 g/mol. The number of ether oxygens (including phenoxy) is 1. The summed E-state index contributed by atoms with van der Waals surface area (Å²) in [5, 5.41) is 7.83. The van der Waals surface area contributed by atoms with E-state index < -0.39 is 0 Å². The molecule has 0 spiro atoms. The summed E-state index contributed by atoms with van der Waals surface area (Å²) < 4.78 is 7.03. The Kier molecular flexibility index (Phi) is 4.74. The first-order valence-electron chi connectivity index (χ1n) is 6.28. The molecule has 1 saturated heterocycles. The third kappa shape index (κ3) is 3.10. The van der Waals surface area contributed by atoms with Crippen LogP contribution >= 0.6 is 11.6 Å². The number of aryl methyl sites for hydroxylation is 1. The van der Waals surface area contributed by atoms with Crippen molar-refractivity contribution in [2.45, 2.75) is 32.4 Å². The lowest BCUT2D eigenvalue weighted by Gasteiger charge is -2.23. The summed E-state index contributed by atoms with van der Waals surface area (Å²) in [6, 6.07) is 0.0762. The van der Waals surface area contributed by atoms with Crippen LogP contribution in [-0.2, 0) is 11.3 Å². The lowest BCUT2D eigenvalue weighted by atomic mass is 10.1. The van der Waals surface area contributed by atoms with Crippen molar-refractivity contribution in [2.75, 3.05) is 19.8 Å². The summed E-state index contributed by atoms with van der Waals surface area (Å²) in [6.07, 6.45) is 2.85. The molecule has 5 nitrogen and oxygen atoms in total. The normalized spacial score (nSPS) is 20.0. The maximum atomic E-state index is 12.2. The number of carbonyl (C=O) groups excluding carboxylic acids is 1. The van der Waals surface area contributed by atoms with E-state index in [0.717, 1.165) is 13.0 Å². The van der Waals surface area contributed by atoms with E-state index in [9.17, 15) is 4.79 Å². The molecule has 0 amide bonds. The number of morpholine rings is 1. The Balaban J connectivity index is 2.05. The van der Waals surface area contributed by atoms with Gasteiger partial charge in [-0.3, -0.25) is 9.48 Å². The molecule has 0 aliphatic carbocycles. The molecule has 0 saturated carbocycles. The number of nitrogens with one attached hydrogen (secondary N) is 1. The number of hydrogen-bond donors (Lipinski definition) is 1. The van der Waals surface area contributed by atoms with Gasteiger partial charge in [-0.15, -0.1) is 0 Å². The molecule has 1 aromatic rings. The Morgan fingerprint density at radius 3 is 3.22 bits per heavy atom. The second-order valence-electron chi connectivity index (χ2n) is 4.42. The van der Waals surface area contributed by atoms with Crippen LogP contribution in [0.5, 0.6) is 0 Å². The van der Waals surface area contributed by atoms with Crippen LogP contribution in [0.2, 0.25) is 5.02 Å². The average Bonchev–Trinajstić information content (AvgIpc) is 2.72.